The lowest BCUT2D eigenvalue weighted by Gasteiger charge is -2.12. The second kappa shape index (κ2) is 7.53. The third-order valence-corrected chi connectivity index (χ3v) is 5.53. The van der Waals surface area contributed by atoms with Crippen molar-refractivity contribution in [3.05, 3.63) is 82.4 Å². The molecule has 0 saturated carbocycles. The molecule has 0 spiro atoms. The molecule has 0 aliphatic rings. The first-order chi connectivity index (χ1) is 14.4. The van der Waals surface area contributed by atoms with Gasteiger partial charge in [0, 0.05) is 34.5 Å². The van der Waals surface area contributed by atoms with E-state index < -0.39 is 5.91 Å². The SMILES string of the molecule is Cc1cc(C)c(NC(=O)/C(C#N)=C/c2ccc3c(c2)c2ccccc2n3C)c(C)c1. The van der Waals surface area contributed by atoms with E-state index in [1.54, 1.807) is 6.08 Å². The first kappa shape index (κ1) is 19.5. The van der Waals surface area contributed by atoms with Gasteiger partial charge in [0.2, 0.25) is 0 Å². The summed E-state index contributed by atoms with van der Waals surface area (Å²) in [6, 6.07) is 20.3. The van der Waals surface area contributed by atoms with E-state index in [2.05, 4.69) is 28.1 Å². The maximum absolute atomic E-state index is 12.8. The third kappa shape index (κ3) is 3.35. The average Bonchev–Trinajstić information content (AvgIpc) is 3.01. The van der Waals surface area contributed by atoms with Crippen molar-refractivity contribution >= 4 is 39.5 Å². The van der Waals surface area contributed by atoms with E-state index in [4.69, 9.17) is 0 Å². The van der Waals surface area contributed by atoms with Crippen molar-refractivity contribution in [1.82, 2.24) is 4.57 Å². The highest BCUT2D eigenvalue weighted by Gasteiger charge is 2.14. The molecule has 0 saturated heterocycles. The highest BCUT2D eigenvalue weighted by Crippen LogP contribution is 2.29. The third-order valence-electron chi connectivity index (χ3n) is 5.53. The molecule has 1 aromatic heterocycles. The highest BCUT2D eigenvalue weighted by atomic mass is 16.1. The number of hydrogen-bond acceptors (Lipinski definition) is 2. The number of nitriles is 1. The van der Waals surface area contributed by atoms with E-state index in [0.29, 0.717) is 0 Å². The van der Waals surface area contributed by atoms with Crippen LogP contribution in [0.1, 0.15) is 22.3 Å². The Morgan fingerprint density at radius 3 is 2.33 bits per heavy atom. The van der Waals surface area contributed by atoms with Gasteiger partial charge in [0.25, 0.3) is 5.91 Å². The molecule has 30 heavy (non-hydrogen) atoms. The van der Waals surface area contributed by atoms with Crippen molar-refractivity contribution < 1.29 is 4.79 Å². The molecule has 0 atom stereocenters. The summed E-state index contributed by atoms with van der Waals surface area (Å²) in [5.41, 5.74) is 7.03. The van der Waals surface area contributed by atoms with Crippen molar-refractivity contribution in [2.24, 2.45) is 7.05 Å². The van der Waals surface area contributed by atoms with Crippen LogP contribution in [-0.4, -0.2) is 10.5 Å². The molecular weight excluding hydrogens is 370 g/mol. The standard InChI is InChI=1S/C26H23N3O/c1-16-11-17(2)25(18(3)12-16)28-26(30)20(15-27)13-19-9-10-24-22(14-19)21-7-5-6-8-23(21)29(24)4/h5-14H,1-4H3,(H,28,30)/b20-13+. The van der Waals surface area contributed by atoms with Gasteiger partial charge < -0.3 is 9.88 Å². The van der Waals surface area contributed by atoms with Gasteiger partial charge in [0.15, 0.2) is 0 Å². The smallest absolute Gasteiger partial charge is 0.266 e. The maximum Gasteiger partial charge on any atom is 0.266 e. The molecule has 148 valence electrons. The van der Waals surface area contributed by atoms with Crippen LogP contribution < -0.4 is 5.32 Å². The molecule has 0 radical (unpaired) electrons. The van der Waals surface area contributed by atoms with Gasteiger partial charge in [-0.3, -0.25) is 4.79 Å². The monoisotopic (exact) mass is 393 g/mol. The Kier molecular flexibility index (Phi) is 4.89. The van der Waals surface area contributed by atoms with Crippen molar-refractivity contribution in [2.45, 2.75) is 20.8 Å². The van der Waals surface area contributed by atoms with Gasteiger partial charge in [-0.05, 0) is 61.7 Å². The summed E-state index contributed by atoms with van der Waals surface area (Å²) >= 11 is 0. The van der Waals surface area contributed by atoms with Crippen LogP contribution >= 0.6 is 0 Å². The summed E-state index contributed by atoms with van der Waals surface area (Å²) in [5.74, 6) is -0.398. The first-order valence-corrected chi connectivity index (χ1v) is 9.87. The van der Waals surface area contributed by atoms with Gasteiger partial charge in [0.1, 0.15) is 11.6 Å². The van der Waals surface area contributed by atoms with Gasteiger partial charge >= 0.3 is 0 Å². The quantitative estimate of drug-likeness (QED) is 0.353. The van der Waals surface area contributed by atoms with Crippen LogP contribution in [0.5, 0.6) is 0 Å². The van der Waals surface area contributed by atoms with Gasteiger partial charge in [-0.15, -0.1) is 0 Å². The van der Waals surface area contributed by atoms with Crippen LogP contribution in [0.3, 0.4) is 0 Å². The molecule has 1 heterocycles. The molecule has 0 unspecified atom stereocenters. The molecule has 3 aromatic carbocycles. The Balaban J connectivity index is 1.72. The topological polar surface area (TPSA) is 57.8 Å². The van der Waals surface area contributed by atoms with E-state index in [1.807, 2.05) is 70.3 Å². The van der Waals surface area contributed by atoms with E-state index in [1.165, 1.54) is 0 Å². The highest BCUT2D eigenvalue weighted by molar-refractivity contribution is 6.12. The summed E-state index contributed by atoms with van der Waals surface area (Å²) < 4.78 is 2.15. The zero-order valence-electron chi connectivity index (χ0n) is 17.6. The number of amides is 1. The predicted octanol–water partition coefficient (Wildman–Crippen LogP) is 5.80. The number of hydrogen-bond donors (Lipinski definition) is 1. The Morgan fingerprint density at radius 1 is 0.967 bits per heavy atom. The number of aromatic nitrogens is 1. The van der Waals surface area contributed by atoms with E-state index in [-0.39, 0.29) is 5.57 Å². The summed E-state index contributed by atoms with van der Waals surface area (Å²) in [5, 5.41) is 14.8. The Morgan fingerprint density at radius 2 is 1.63 bits per heavy atom. The second-order valence-electron chi connectivity index (χ2n) is 7.75. The maximum atomic E-state index is 12.8. The fourth-order valence-corrected chi connectivity index (χ4v) is 4.15. The average molecular weight is 393 g/mol. The number of rotatable bonds is 3. The number of para-hydroxylation sites is 1. The molecule has 4 nitrogen and oxygen atoms in total. The predicted molar refractivity (Wildman–Crippen MR) is 123 cm³/mol. The zero-order chi connectivity index (χ0) is 21.4. The lowest BCUT2D eigenvalue weighted by atomic mass is 10.0. The zero-order valence-corrected chi connectivity index (χ0v) is 17.6. The van der Waals surface area contributed by atoms with Crippen LogP contribution in [-0.2, 0) is 11.8 Å². The van der Waals surface area contributed by atoms with Crippen LogP contribution in [0.25, 0.3) is 27.9 Å². The Hall–Kier alpha value is -3.84. The van der Waals surface area contributed by atoms with Crippen molar-refractivity contribution in [3.63, 3.8) is 0 Å². The van der Waals surface area contributed by atoms with Crippen LogP contribution in [0, 0.1) is 32.1 Å². The molecule has 1 amide bonds. The minimum absolute atomic E-state index is 0.0777. The largest absolute Gasteiger partial charge is 0.344 e. The van der Waals surface area contributed by atoms with E-state index in [0.717, 1.165) is 49.7 Å². The molecule has 0 aliphatic carbocycles. The number of nitrogens with one attached hydrogen (secondary N) is 1. The number of benzene rings is 3. The van der Waals surface area contributed by atoms with Gasteiger partial charge in [-0.1, -0.05) is 42.0 Å². The number of nitrogens with zero attached hydrogens (tertiary/aromatic N) is 2. The normalized spacial score (nSPS) is 11.6. The number of carbonyl (C=O) groups is 1. The minimum Gasteiger partial charge on any atom is -0.344 e. The number of fused-ring (bicyclic) bond motifs is 3. The number of aryl methyl sites for hydroxylation is 4. The second-order valence-corrected chi connectivity index (χ2v) is 7.75. The van der Waals surface area contributed by atoms with Crippen LogP contribution in [0.15, 0.2) is 60.2 Å². The number of anilines is 1. The summed E-state index contributed by atoms with van der Waals surface area (Å²) in [6.45, 7) is 5.94. The van der Waals surface area contributed by atoms with Gasteiger partial charge in [0.05, 0.1) is 0 Å². The van der Waals surface area contributed by atoms with Crippen LogP contribution in [0.4, 0.5) is 5.69 Å². The fraction of sp³-hybridized carbons (Fsp3) is 0.154. The molecule has 0 bridgehead atoms. The lowest BCUT2D eigenvalue weighted by Crippen LogP contribution is -2.15. The lowest BCUT2D eigenvalue weighted by molar-refractivity contribution is -0.112. The Bertz CT molecular complexity index is 1360. The summed E-state index contributed by atoms with van der Waals surface area (Å²) in [4.78, 5) is 12.8. The van der Waals surface area contributed by atoms with Crippen molar-refractivity contribution in [3.8, 4) is 6.07 Å². The molecule has 1 N–H and O–H groups in total. The summed E-state index contributed by atoms with van der Waals surface area (Å²) in [7, 11) is 2.04. The van der Waals surface area contributed by atoms with Crippen LogP contribution in [0.2, 0.25) is 0 Å². The van der Waals surface area contributed by atoms with Gasteiger partial charge in [-0.2, -0.15) is 5.26 Å². The molecule has 0 fully saturated rings. The Labute approximate surface area is 176 Å². The fourth-order valence-electron chi connectivity index (χ4n) is 4.15. The van der Waals surface area contributed by atoms with E-state index >= 15 is 0 Å². The number of carbonyl (C=O) groups excluding carboxylic acids is 1. The van der Waals surface area contributed by atoms with Gasteiger partial charge in [-0.25, -0.2) is 0 Å². The molecule has 4 rings (SSSR count). The van der Waals surface area contributed by atoms with Crippen molar-refractivity contribution in [1.29, 1.82) is 5.26 Å². The van der Waals surface area contributed by atoms with Crippen molar-refractivity contribution in [2.75, 3.05) is 5.32 Å². The summed E-state index contributed by atoms with van der Waals surface area (Å²) in [6.07, 6.45) is 1.65. The molecule has 4 aromatic rings. The van der Waals surface area contributed by atoms with E-state index in [9.17, 15) is 10.1 Å². The molecule has 4 heteroatoms. The molecular formula is C26H23N3O. The first-order valence-electron chi connectivity index (χ1n) is 9.87. The molecule has 0 aliphatic heterocycles. The minimum atomic E-state index is -0.398.